The number of carboxylic acid groups (broad SMARTS) is 1. The van der Waals surface area contributed by atoms with E-state index in [0.717, 1.165) is 0 Å². The van der Waals surface area contributed by atoms with E-state index in [-0.39, 0.29) is 11.6 Å². The van der Waals surface area contributed by atoms with E-state index in [9.17, 15) is 9.59 Å². The monoisotopic (exact) mass is 181 g/mol. The van der Waals surface area contributed by atoms with Gasteiger partial charge in [0.15, 0.2) is 5.43 Å². The Bertz CT molecular complexity index is 379. The van der Waals surface area contributed by atoms with E-state index >= 15 is 0 Å². The van der Waals surface area contributed by atoms with Crippen molar-refractivity contribution >= 4 is 5.97 Å². The molecule has 0 bridgehead atoms. The number of hydrogen-bond donors (Lipinski definition) is 1. The first-order chi connectivity index (χ1) is 6.02. The third-order valence-electron chi connectivity index (χ3n) is 1.77. The van der Waals surface area contributed by atoms with E-state index in [1.54, 1.807) is 10.8 Å². The van der Waals surface area contributed by atoms with Crippen molar-refractivity contribution in [2.75, 3.05) is 0 Å². The van der Waals surface area contributed by atoms with Crippen molar-refractivity contribution in [2.45, 2.75) is 19.9 Å². The summed E-state index contributed by atoms with van der Waals surface area (Å²) in [6.45, 7) is 3.83. The van der Waals surface area contributed by atoms with Gasteiger partial charge >= 0.3 is 5.97 Å². The first-order valence-electron chi connectivity index (χ1n) is 3.97. The maximum Gasteiger partial charge on any atom is 0.341 e. The van der Waals surface area contributed by atoms with Crippen LogP contribution in [0.2, 0.25) is 0 Å². The molecule has 70 valence electrons. The van der Waals surface area contributed by atoms with Crippen LogP contribution in [0, 0.1) is 0 Å². The normalized spacial score (nSPS) is 10.4. The lowest BCUT2D eigenvalue weighted by Gasteiger charge is -2.10. The van der Waals surface area contributed by atoms with Crippen LogP contribution in [0.4, 0.5) is 0 Å². The highest BCUT2D eigenvalue weighted by Crippen LogP contribution is 2.03. The number of carboxylic acids is 1. The highest BCUT2D eigenvalue weighted by atomic mass is 16.4. The van der Waals surface area contributed by atoms with Gasteiger partial charge in [0.2, 0.25) is 0 Å². The average Bonchev–Trinajstić information content (AvgIpc) is 2.04. The molecule has 0 atom stereocenters. The predicted molar refractivity (Wildman–Crippen MR) is 48.0 cm³/mol. The molecule has 0 aliphatic heterocycles. The van der Waals surface area contributed by atoms with Crippen molar-refractivity contribution in [1.29, 1.82) is 0 Å². The number of rotatable bonds is 2. The van der Waals surface area contributed by atoms with Crippen molar-refractivity contribution in [1.82, 2.24) is 4.57 Å². The molecule has 0 aliphatic carbocycles. The van der Waals surface area contributed by atoms with Crippen molar-refractivity contribution in [3.8, 4) is 0 Å². The highest BCUT2D eigenvalue weighted by molar-refractivity contribution is 5.86. The molecular formula is C9H11NO3. The Balaban J connectivity index is 3.27. The first-order valence-corrected chi connectivity index (χ1v) is 3.97. The van der Waals surface area contributed by atoms with Crippen LogP contribution in [-0.4, -0.2) is 15.6 Å². The zero-order valence-corrected chi connectivity index (χ0v) is 7.52. The Kier molecular flexibility index (Phi) is 2.51. The van der Waals surface area contributed by atoms with Crippen LogP contribution < -0.4 is 5.43 Å². The summed E-state index contributed by atoms with van der Waals surface area (Å²) in [7, 11) is 0. The lowest BCUT2D eigenvalue weighted by atomic mass is 10.2. The maximum absolute atomic E-state index is 11.0. The number of aromatic nitrogens is 1. The summed E-state index contributed by atoms with van der Waals surface area (Å²) >= 11 is 0. The summed E-state index contributed by atoms with van der Waals surface area (Å²) in [5.74, 6) is -1.18. The van der Waals surface area contributed by atoms with Gasteiger partial charge in [-0.1, -0.05) is 0 Å². The fraction of sp³-hybridized carbons (Fsp3) is 0.333. The standard InChI is InChI=1S/C9H11NO3/c1-6(2)10-4-3-8(11)7(5-10)9(12)13/h3-6H,1-2H3,(H,12,13). The van der Waals surface area contributed by atoms with Crippen molar-refractivity contribution in [2.24, 2.45) is 0 Å². The summed E-state index contributed by atoms with van der Waals surface area (Å²) in [5.41, 5.74) is -0.638. The number of hydrogen-bond acceptors (Lipinski definition) is 2. The second kappa shape index (κ2) is 3.43. The van der Waals surface area contributed by atoms with E-state index in [1.807, 2.05) is 13.8 Å². The smallest absolute Gasteiger partial charge is 0.341 e. The van der Waals surface area contributed by atoms with Crippen LogP contribution in [0.5, 0.6) is 0 Å². The topological polar surface area (TPSA) is 59.3 Å². The van der Waals surface area contributed by atoms with Crippen LogP contribution in [0.25, 0.3) is 0 Å². The molecule has 1 heterocycles. The largest absolute Gasteiger partial charge is 0.477 e. The van der Waals surface area contributed by atoms with Crippen LogP contribution in [0.15, 0.2) is 23.3 Å². The fourth-order valence-corrected chi connectivity index (χ4v) is 0.981. The molecule has 4 heteroatoms. The number of pyridine rings is 1. The van der Waals surface area contributed by atoms with Gasteiger partial charge in [-0.15, -0.1) is 0 Å². The van der Waals surface area contributed by atoms with Crippen LogP contribution in [0.3, 0.4) is 0 Å². The Hall–Kier alpha value is -1.58. The molecule has 0 aromatic carbocycles. The SMILES string of the molecule is CC(C)n1ccc(=O)c(C(=O)O)c1. The van der Waals surface area contributed by atoms with Crippen LogP contribution in [0.1, 0.15) is 30.2 Å². The van der Waals surface area contributed by atoms with Gasteiger partial charge in [-0.05, 0) is 13.8 Å². The molecule has 0 saturated heterocycles. The molecule has 0 radical (unpaired) electrons. The summed E-state index contributed by atoms with van der Waals surface area (Å²) in [6.07, 6.45) is 2.94. The van der Waals surface area contributed by atoms with Crippen molar-refractivity contribution < 1.29 is 9.90 Å². The minimum Gasteiger partial charge on any atom is -0.477 e. The molecule has 4 nitrogen and oxygen atoms in total. The Labute approximate surface area is 75.4 Å². The quantitative estimate of drug-likeness (QED) is 0.743. The van der Waals surface area contributed by atoms with Crippen molar-refractivity contribution in [3.05, 3.63) is 34.2 Å². The molecule has 0 saturated carbocycles. The van der Waals surface area contributed by atoms with Gasteiger partial charge in [0.05, 0.1) is 0 Å². The number of nitrogens with zero attached hydrogens (tertiary/aromatic N) is 1. The Morgan fingerprint density at radius 1 is 1.54 bits per heavy atom. The second-order valence-electron chi connectivity index (χ2n) is 3.07. The summed E-state index contributed by atoms with van der Waals surface area (Å²) in [6, 6.07) is 1.42. The molecule has 0 spiro atoms. The zero-order valence-electron chi connectivity index (χ0n) is 7.52. The number of carbonyl (C=O) groups is 1. The molecular weight excluding hydrogens is 170 g/mol. The fourth-order valence-electron chi connectivity index (χ4n) is 0.981. The van der Waals surface area contributed by atoms with E-state index in [0.29, 0.717) is 0 Å². The van der Waals surface area contributed by atoms with Crippen LogP contribution in [-0.2, 0) is 0 Å². The minimum atomic E-state index is -1.18. The molecule has 0 fully saturated rings. The third-order valence-corrected chi connectivity index (χ3v) is 1.77. The highest BCUT2D eigenvalue weighted by Gasteiger charge is 2.08. The van der Waals surface area contributed by atoms with Gasteiger partial charge in [0.25, 0.3) is 0 Å². The van der Waals surface area contributed by atoms with Crippen LogP contribution >= 0.6 is 0 Å². The van der Waals surface area contributed by atoms with E-state index in [4.69, 9.17) is 5.11 Å². The van der Waals surface area contributed by atoms with Gasteiger partial charge in [-0.2, -0.15) is 0 Å². The second-order valence-corrected chi connectivity index (χ2v) is 3.07. The predicted octanol–water partition coefficient (Wildman–Crippen LogP) is 1.13. The number of aromatic carboxylic acids is 1. The van der Waals surface area contributed by atoms with Gasteiger partial charge < -0.3 is 9.67 Å². The third kappa shape index (κ3) is 1.96. The summed E-state index contributed by atoms with van der Waals surface area (Å²) < 4.78 is 1.69. The minimum absolute atomic E-state index is 0.152. The zero-order chi connectivity index (χ0) is 10.0. The average molecular weight is 181 g/mol. The molecule has 13 heavy (non-hydrogen) atoms. The Morgan fingerprint density at radius 3 is 2.62 bits per heavy atom. The van der Waals surface area contributed by atoms with E-state index < -0.39 is 11.4 Å². The lowest BCUT2D eigenvalue weighted by molar-refractivity contribution is 0.0694. The van der Waals surface area contributed by atoms with E-state index in [1.165, 1.54) is 12.3 Å². The molecule has 0 aliphatic rings. The summed E-state index contributed by atoms with van der Waals surface area (Å²) in [4.78, 5) is 21.6. The first kappa shape index (κ1) is 9.51. The molecule has 1 aromatic heterocycles. The van der Waals surface area contributed by atoms with E-state index in [2.05, 4.69) is 0 Å². The van der Waals surface area contributed by atoms with Crippen molar-refractivity contribution in [3.63, 3.8) is 0 Å². The van der Waals surface area contributed by atoms with Gasteiger partial charge in [-0.3, -0.25) is 4.79 Å². The molecule has 1 N–H and O–H groups in total. The molecule has 1 rings (SSSR count). The Morgan fingerprint density at radius 2 is 2.15 bits per heavy atom. The molecule has 0 amide bonds. The molecule has 0 unspecified atom stereocenters. The lowest BCUT2D eigenvalue weighted by Crippen LogP contribution is -2.17. The maximum atomic E-state index is 11.0. The van der Waals surface area contributed by atoms with Gasteiger partial charge in [0.1, 0.15) is 5.56 Å². The summed E-state index contributed by atoms with van der Waals surface area (Å²) in [5, 5.41) is 8.66. The van der Waals surface area contributed by atoms with Gasteiger partial charge in [0, 0.05) is 24.5 Å². The van der Waals surface area contributed by atoms with Gasteiger partial charge in [-0.25, -0.2) is 4.79 Å². The molecule has 1 aromatic rings.